The van der Waals surface area contributed by atoms with E-state index in [1.54, 1.807) is 12.1 Å². The first kappa shape index (κ1) is 13.5. The molecular weight excluding hydrogens is 280 g/mol. The first-order chi connectivity index (χ1) is 10.0. The average molecular weight is 291 g/mol. The van der Waals surface area contributed by atoms with Gasteiger partial charge < -0.3 is 9.52 Å². The second kappa shape index (κ2) is 5.14. The number of halogens is 2. The molecule has 0 radical (unpaired) electrons. The minimum Gasteiger partial charge on any atom is -0.408 e. The third kappa shape index (κ3) is 2.57. The summed E-state index contributed by atoms with van der Waals surface area (Å²) in [6, 6.07) is 8.14. The van der Waals surface area contributed by atoms with E-state index in [2.05, 4.69) is 4.98 Å². The number of benzene rings is 2. The number of aromatic nitrogens is 1. The number of oxazole rings is 1. The van der Waals surface area contributed by atoms with Gasteiger partial charge in [0.2, 0.25) is 0 Å². The Morgan fingerprint density at radius 1 is 1.19 bits per heavy atom. The van der Waals surface area contributed by atoms with E-state index < -0.39 is 23.5 Å². The first-order valence-electron chi connectivity index (χ1n) is 6.28. The Morgan fingerprint density at radius 2 is 1.90 bits per heavy atom. The van der Waals surface area contributed by atoms with Gasteiger partial charge in [-0.05, 0) is 29.8 Å². The Balaban J connectivity index is 1.93. The van der Waals surface area contributed by atoms with Crippen LogP contribution < -0.4 is 5.76 Å². The minimum atomic E-state index is -1.11. The molecule has 3 aromatic rings. The Hall–Kier alpha value is -2.47. The molecule has 1 aromatic heterocycles. The normalized spacial score (nSPS) is 12.7. The Labute approximate surface area is 117 Å². The fourth-order valence-corrected chi connectivity index (χ4v) is 2.21. The number of fused-ring (bicyclic) bond motifs is 1. The lowest BCUT2D eigenvalue weighted by molar-refractivity contribution is 0.175. The van der Waals surface area contributed by atoms with Crippen molar-refractivity contribution in [3.05, 3.63) is 69.7 Å². The molecule has 21 heavy (non-hydrogen) atoms. The molecule has 0 saturated carbocycles. The topological polar surface area (TPSA) is 66.2 Å². The lowest BCUT2D eigenvalue weighted by Crippen LogP contribution is -2.05. The van der Waals surface area contributed by atoms with Gasteiger partial charge in [0.05, 0.1) is 11.6 Å². The van der Waals surface area contributed by atoms with Crippen molar-refractivity contribution in [3.63, 3.8) is 0 Å². The molecule has 0 saturated heterocycles. The Bertz CT molecular complexity index is 833. The van der Waals surface area contributed by atoms with Crippen LogP contribution in [0.1, 0.15) is 17.2 Å². The van der Waals surface area contributed by atoms with Gasteiger partial charge in [0, 0.05) is 12.0 Å². The van der Waals surface area contributed by atoms with Crippen LogP contribution in [0.4, 0.5) is 8.78 Å². The quantitative estimate of drug-likeness (QED) is 0.779. The number of aliphatic hydroxyl groups excluding tert-OH is 1. The van der Waals surface area contributed by atoms with Crippen molar-refractivity contribution < 1.29 is 18.3 Å². The van der Waals surface area contributed by atoms with Crippen LogP contribution in [-0.2, 0) is 6.42 Å². The summed E-state index contributed by atoms with van der Waals surface area (Å²) in [6.07, 6.45) is -1.32. The molecule has 0 bridgehead atoms. The summed E-state index contributed by atoms with van der Waals surface area (Å²) in [5, 5.41) is 10.1. The van der Waals surface area contributed by atoms with E-state index in [0.29, 0.717) is 11.1 Å². The summed E-state index contributed by atoms with van der Waals surface area (Å²) in [4.78, 5) is 13.5. The van der Waals surface area contributed by atoms with E-state index in [4.69, 9.17) is 4.42 Å². The number of hydrogen-bond acceptors (Lipinski definition) is 3. The predicted octanol–water partition coefficient (Wildman–Crippen LogP) is 2.68. The molecule has 3 rings (SSSR count). The van der Waals surface area contributed by atoms with Gasteiger partial charge in [-0.2, -0.15) is 0 Å². The maximum Gasteiger partial charge on any atom is 0.417 e. The summed E-state index contributed by atoms with van der Waals surface area (Å²) >= 11 is 0. The van der Waals surface area contributed by atoms with Crippen molar-refractivity contribution in [2.45, 2.75) is 12.5 Å². The van der Waals surface area contributed by atoms with Crippen LogP contribution in [0.15, 0.2) is 45.6 Å². The van der Waals surface area contributed by atoms with Crippen LogP contribution in [-0.4, -0.2) is 10.1 Å². The SMILES string of the molecule is O=c1[nH]c2ccc(C(O)Cc3c(F)cccc3F)cc2o1. The van der Waals surface area contributed by atoms with Gasteiger partial charge in [-0.1, -0.05) is 12.1 Å². The van der Waals surface area contributed by atoms with Gasteiger partial charge in [-0.25, -0.2) is 13.6 Å². The highest BCUT2D eigenvalue weighted by molar-refractivity contribution is 5.72. The zero-order chi connectivity index (χ0) is 15.0. The van der Waals surface area contributed by atoms with Crippen LogP contribution in [0.5, 0.6) is 0 Å². The second-order valence-corrected chi connectivity index (χ2v) is 4.69. The van der Waals surface area contributed by atoms with Gasteiger partial charge in [0.25, 0.3) is 0 Å². The molecule has 0 spiro atoms. The molecule has 2 aromatic carbocycles. The molecule has 0 aliphatic carbocycles. The van der Waals surface area contributed by atoms with Crippen molar-refractivity contribution in [2.75, 3.05) is 0 Å². The summed E-state index contributed by atoms with van der Waals surface area (Å²) < 4.78 is 32.0. The smallest absolute Gasteiger partial charge is 0.408 e. The van der Waals surface area contributed by atoms with Crippen LogP contribution in [0.3, 0.4) is 0 Å². The van der Waals surface area contributed by atoms with Crippen molar-refractivity contribution >= 4 is 11.1 Å². The largest absolute Gasteiger partial charge is 0.417 e. The summed E-state index contributed by atoms with van der Waals surface area (Å²) in [5.41, 5.74) is 1.01. The molecule has 0 amide bonds. The molecule has 1 unspecified atom stereocenters. The molecule has 4 nitrogen and oxygen atoms in total. The van der Waals surface area contributed by atoms with Crippen LogP contribution in [0.25, 0.3) is 11.1 Å². The summed E-state index contributed by atoms with van der Waals surface area (Å²) in [5.74, 6) is -2.01. The maximum atomic E-state index is 13.6. The summed E-state index contributed by atoms with van der Waals surface area (Å²) in [7, 11) is 0. The predicted molar refractivity (Wildman–Crippen MR) is 71.9 cm³/mol. The molecule has 6 heteroatoms. The van der Waals surface area contributed by atoms with E-state index in [9.17, 15) is 18.7 Å². The van der Waals surface area contributed by atoms with Crippen LogP contribution in [0.2, 0.25) is 0 Å². The van der Waals surface area contributed by atoms with Crippen molar-refractivity contribution in [2.24, 2.45) is 0 Å². The van der Waals surface area contributed by atoms with Gasteiger partial charge >= 0.3 is 5.76 Å². The molecule has 1 heterocycles. The lowest BCUT2D eigenvalue weighted by Gasteiger charge is -2.12. The van der Waals surface area contributed by atoms with E-state index >= 15 is 0 Å². The molecule has 1 atom stereocenters. The van der Waals surface area contributed by atoms with Gasteiger partial charge in [-0.15, -0.1) is 0 Å². The highest BCUT2D eigenvalue weighted by Crippen LogP contribution is 2.24. The standard InChI is InChI=1S/C15H11F2NO3/c16-10-2-1-3-11(17)9(10)7-13(19)8-4-5-12-14(6-8)21-15(20)18-12/h1-6,13,19H,7H2,(H,18,20). The highest BCUT2D eigenvalue weighted by Gasteiger charge is 2.16. The van der Waals surface area contributed by atoms with Gasteiger partial charge in [0.15, 0.2) is 5.58 Å². The van der Waals surface area contributed by atoms with Crippen molar-refractivity contribution in [1.82, 2.24) is 4.98 Å². The number of H-pyrrole nitrogens is 1. The third-order valence-electron chi connectivity index (χ3n) is 3.29. The maximum absolute atomic E-state index is 13.6. The number of aromatic amines is 1. The number of rotatable bonds is 3. The number of nitrogens with one attached hydrogen (secondary N) is 1. The number of aliphatic hydroxyl groups is 1. The molecule has 0 aliphatic rings. The summed E-state index contributed by atoms with van der Waals surface area (Å²) in [6.45, 7) is 0. The van der Waals surface area contributed by atoms with Gasteiger partial charge in [0.1, 0.15) is 11.6 Å². The van der Waals surface area contributed by atoms with E-state index in [1.165, 1.54) is 12.1 Å². The number of hydrogen-bond donors (Lipinski definition) is 2. The van der Waals surface area contributed by atoms with Crippen LogP contribution in [0, 0.1) is 11.6 Å². The van der Waals surface area contributed by atoms with E-state index in [0.717, 1.165) is 12.1 Å². The third-order valence-corrected chi connectivity index (χ3v) is 3.29. The van der Waals surface area contributed by atoms with E-state index in [1.807, 2.05) is 0 Å². The van der Waals surface area contributed by atoms with E-state index in [-0.39, 0.29) is 17.6 Å². The van der Waals surface area contributed by atoms with Crippen LogP contribution >= 0.6 is 0 Å². The second-order valence-electron chi connectivity index (χ2n) is 4.69. The fraction of sp³-hybridized carbons (Fsp3) is 0.133. The minimum absolute atomic E-state index is 0.180. The van der Waals surface area contributed by atoms with Gasteiger partial charge in [-0.3, -0.25) is 4.98 Å². The molecule has 0 aliphatic heterocycles. The highest BCUT2D eigenvalue weighted by atomic mass is 19.1. The molecule has 0 fully saturated rings. The van der Waals surface area contributed by atoms with Crippen molar-refractivity contribution in [3.8, 4) is 0 Å². The molecule has 108 valence electrons. The zero-order valence-electron chi connectivity index (χ0n) is 10.8. The lowest BCUT2D eigenvalue weighted by atomic mass is 10.0. The molecular formula is C15H11F2NO3. The fourth-order valence-electron chi connectivity index (χ4n) is 2.21. The monoisotopic (exact) mass is 291 g/mol. The van der Waals surface area contributed by atoms with Crippen molar-refractivity contribution in [1.29, 1.82) is 0 Å². The molecule has 2 N–H and O–H groups in total. The Kier molecular flexibility index (Phi) is 3.31. The zero-order valence-corrected chi connectivity index (χ0v) is 10.8. The first-order valence-corrected chi connectivity index (χ1v) is 6.28. The average Bonchev–Trinajstić information content (AvgIpc) is 2.81. The Morgan fingerprint density at radius 3 is 2.62 bits per heavy atom.